The predicted molar refractivity (Wildman–Crippen MR) is 186 cm³/mol. The number of carbonyl (C=O) groups excluding carboxylic acids is 1. The van der Waals surface area contributed by atoms with Crippen molar-refractivity contribution in [2.75, 3.05) is 5.32 Å². The molecule has 0 aromatic heterocycles. The molecule has 10 rings (SSSR count). The molecule has 1 aliphatic heterocycles. The van der Waals surface area contributed by atoms with E-state index < -0.39 is 0 Å². The lowest BCUT2D eigenvalue weighted by atomic mass is 9.63. The van der Waals surface area contributed by atoms with Crippen LogP contribution >= 0.6 is 0 Å². The van der Waals surface area contributed by atoms with Gasteiger partial charge in [0.1, 0.15) is 6.29 Å². The van der Waals surface area contributed by atoms with Crippen LogP contribution in [0.1, 0.15) is 102 Å². The summed E-state index contributed by atoms with van der Waals surface area (Å²) in [6, 6.07) is 9.39. The van der Waals surface area contributed by atoms with E-state index in [-0.39, 0.29) is 11.5 Å². The first-order valence-electron chi connectivity index (χ1n) is 19.9. The summed E-state index contributed by atoms with van der Waals surface area (Å²) >= 11 is 0. The molecule has 46 heavy (non-hydrogen) atoms. The highest BCUT2D eigenvalue weighted by Crippen LogP contribution is 2.79. The summed E-state index contributed by atoms with van der Waals surface area (Å²) in [6.07, 6.45) is 28.4. The minimum absolute atomic E-state index is 0.0211. The lowest BCUT2D eigenvalue weighted by molar-refractivity contribution is -0.111. The normalized spacial score (nSPS) is 48.8. The topological polar surface area (TPSA) is 55.1 Å². The highest BCUT2D eigenvalue weighted by molar-refractivity contribution is 5.62. The van der Waals surface area contributed by atoms with E-state index in [1.54, 1.807) is 5.57 Å². The van der Waals surface area contributed by atoms with Crippen molar-refractivity contribution in [3.8, 4) is 0 Å². The molecule has 3 nitrogen and oxygen atoms in total. The van der Waals surface area contributed by atoms with Crippen LogP contribution in [0, 0.1) is 81.8 Å². The summed E-state index contributed by atoms with van der Waals surface area (Å²) in [7, 11) is 0. The number of nitrogens with two attached hydrogens (primary N) is 1. The van der Waals surface area contributed by atoms with Gasteiger partial charge in [-0.1, -0.05) is 81.0 Å². The lowest BCUT2D eigenvalue weighted by Gasteiger charge is -2.42. The number of hydrogen-bond acceptors (Lipinski definition) is 3. The van der Waals surface area contributed by atoms with Gasteiger partial charge in [-0.05, 0) is 152 Å². The molecule has 14 atom stereocenters. The molecule has 0 radical (unpaired) electrons. The fraction of sp³-hybridized carbons (Fsp3) is 0.744. The molecule has 0 saturated heterocycles. The predicted octanol–water partition coefficient (Wildman–Crippen LogP) is 8.99. The molecular formula is C43H58N2O. The Hall–Kier alpha value is -1.87. The van der Waals surface area contributed by atoms with Gasteiger partial charge in [-0.3, -0.25) is 0 Å². The van der Waals surface area contributed by atoms with Gasteiger partial charge in [0.25, 0.3) is 0 Å². The van der Waals surface area contributed by atoms with Gasteiger partial charge in [-0.15, -0.1) is 0 Å². The van der Waals surface area contributed by atoms with Gasteiger partial charge in [0.05, 0.1) is 6.04 Å². The van der Waals surface area contributed by atoms with Crippen LogP contribution in [-0.4, -0.2) is 18.4 Å². The second kappa shape index (κ2) is 10.6. The Kier molecular flexibility index (Phi) is 6.68. The van der Waals surface area contributed by atoms with E-state index in [9.17, 15) is 4.79 Å². The van der Waals surface area contributed by atoms with Crippen molar-refractivity contribution < 1.29 is 4.79 Å². The summed E-state index contributed by atoms with van der Waals surface area (Å²) in [5.41, 5.74) is 12.0. The van der Waals surface area contributed by atoms with Crippen LogP contribution in [0.5, 0.6) is 0 Å². The number of rotatable bonds is 4. The number of aldehydes is 1. The second-order valence-electron chi connectivity index (χ2n) is 18.5. The molecule has 0 bridgehead atoms. The van der Waals surface area contributed by atoms with Crippen LogP contribution < -0.4 is 11.1 Å². The zero-order valence-electron chi connectivity index (χ0n) is 28.1. The smallest absolute Gasteiger partial charge is 0.137 e. The average Bonchev–Trinajstić information content (AvgIpc) is 3.74. The van der Waals surface area contributed by atoms with E-state index in [0.29, 0.717) is 41.0 Å². The molecule has 9 aliphatic rings. The molecule has 3 N–H and O–H groups in total. The Labute approximate surface area is 278 Å². The minimum atomic E-state index is -0.324. The SMILES string of the molecule is C=C1C2CC(C3CCCC3)CC2C2C(CC13CCCC3)C2(C(N)C=O)C1C=CC2C(CC3C2CC2CCc4ccccc4NC23)C1. The highest BCUT2D eigenvalue weighted by atomic mass is 16.1. The third-order valence-electron chi connectivity index (χ3n) is 17.3. The molecule has 7 fully saturated rings. The minimum Gasteiger partial charge on any atom is -0.382 e. The molecule has 246 valence electrons. The number of benzene rings is 1. The van der Waals surface area contributed by atoms with Crippen LogP contribution in [0.2, 0.25) is 0 Å². The Morgan fingerprint density at radius 2 is 1.63 bits per heavy atom. The molecule has 14 unspecified atom stereocenters. The van der Waals surface area contributed by atoms with Crippen molar-refractivity contribution >= 4 is 12.0 Å². The molecule has 7 saturated carbocycles. The van der Waals surface area contributed by atoms with Gasteiger partial charge in [-0.2, -0.15) is 0 Å². The Balaban J connectivity index is 0.961. The van der Waals surface area contributed by atoms with Gasteiger partial charge in [0.15, 0.2) is 0 Å². The number of para-hydroxylation sites is 1. The summed E-state index contributed by atoms with van der Waals surface area (Å²) in [4.78, 5) is 12.9. The van der Waals surface area contributed by atoms with E-state index in [4.69, 9.17) is 12.3 Å². The number of carbonyl (C=O) groups is 1. The third-order valence-corrected chi connectivity index (χ3v) is 17.3. The summed E-state index contributed by atoms with van der Waals surface area (Å²) < 4.78 is 0. The monoisotopic (exact) mass is 618 g/mol. The van der Waals surface area contributed by atoms with Crippen LogP contribution in [0.4, 0.5) is 5.69 Å². The molecule has 1 aromatic carbocycles. The summed E-state index contributed by atoms with van der Waals surface area (Å²) in [5, 5.41) is 4.12. The lowest BCUT2D eigenvalue weighted by Crippen LogP contribution is -2.44. The van der Waals surface area contributed by atoms with Gasteiger partial charge in [-0.25, -0.2) is 0 Å². The summed E-state index contributed by atoms with van der Waals surface area (Å²) in [6.45, 7) is 5.00. The average molecular weight is 619 g/mol. The fourth-order valence-corrected chi connectivity index (χ4v) is 15.5. The van der Waals surface area contributed by atoms with Crippen molar-refractivity contribution in [3.05, 3.63) is 54.1 Å². The van der Waals surface area contributed by atoms with E-state index in [1.165, 1.54) is 120 Å². The van der Waals surface area contributed by atoms with Crippen molar-refractivity contribution in [2.24, 2.45) is 87.6 Å². The van der Waals surface area contributed by atoms with Crippen LogP contribution in [0.15, 0.2) is 48.6 Å². The quantitative estimate of drug-likeness (QED) is 0.262. The summed E-state index contributed by atoms with van der Waals surface area (Å²) in [5.74, 6) is 8.80. The van der Waals surface area contributed by atoms with Crippen molar-refractivity contribution in [1.29, 1.82) is 0 Å². The molecular weight excluding hydrogens is 560 g/mol. The van der Waals surface area contributed by atoms with E-state index in [2.05, 4.69) is 41.7 Å². The van der Waals surface area contributed by atoms with Crippen molar-refractivity contribution in [3.63, 3.8) is 0 Å². The Morgan fingerprint density at radius 3 is 2.46 bits per heavy atom. The third kappa shape index (κ3) is 3.96. The first-order chi connectivity index (χ1) is 22.5. The molecule has 8 aliphatic carbocycles. The largest absolute Gasteiger partial charge is 0.382 e. The standard InChI is InChI=1S/C43H58N2O/c1-25-33-20-29(26-8-2-3-9-26)21-35(33)40-37(23-42(25)16-6-7-17-42)43(40,39(44)24-46)31-14-15-32-30(18-31)22-36-34(32)19-28-13-12-27-10-4-5-11-38(27)45-41(28)36/h4-5,10-11,14-15,24,26,28-37,39-41,45H,1-3,6-9,12-13,16-23,44H2. The number of nitrogens with one attached hydrogen (secondary N) is 1. The van der Waals surface area contributed by atoms with E-state index in [1.807, 2.05) is 0 Å². The molecule has 1 aromatic rings. The number of fused-ring (bicyclic) bond motifs is 9. The molecule has 1 heterocycles. The van der Waals surface area contributed by atoms with Crippen molar-refractivity contribution in [2.45, 2.75) is 115 Å². The van der Waals surface area contributed by atoms with E-state index in [0.717, 1.165) is 41.4 Å². The zero-order valence-corrected chi connectivity index (χ0v) is 28.1. The van der Waals surface area contributed by atoms with Gasteiger partial charge >= 0.3 is 0 Å². The van der Waals surface area contributed by atoms with Gasteiger partial charge < -0.3 is 15.8 Å². The number of hydrogen-bond donors (Lipinski definition) is 2. The first kappa shape index (κ1) is 29.1. The maximum atomic E-state index is 12.9. The van der Waals surface area contributed by atoms with E-state index >= 15 is 0 Å². The zero-order chi connectivity index (χ0) is 30.8. The Bertz CT molecular complexity index is 1420. The van der Waals surface area contributed by atoms with Gasteiger partial charge in [0, 0.05) is 17.1 Å². The molecule has 3 heteroatoms. The number of anilines is 1. The second-order valence-corrected chi connectivity index (χ2v) is 18.5. The Morgan fingerprint density at radius 1 is 0.848 bits per heavy atom. The molecule has 0 amide bonds. The maximum absolute atomic E-state index is 12.9. The van der Waals surface area contributed by atoms with Crippen molar-refractivity contribution in [1.82, 2.24) is 0 Å². The maximum Gasteiger partial charge on any atom is 0.137 e. The molecule has 1 spiro atoms. The van der Waals surface area contributed by atoms with Crippen LogP contribution in [0.25, 0.3) is 0 Å². The van der Waals surface area contributed by atoms with Gasteiger partial charge in [0.2, 0.25) is 0 Å². The number of aryl methyl sites for hydroxylation is 1. The van der Waals surface area contributed by atoms with Crippen LogP contribution in [0.3, 0.4) is 0 Å². The fourth-order valence-electron chi connectivity index (χ4n) is 15.5. The first-order valence-corrected chi connectivity index (χ1v) is 19.9. The highest BCUT2D eigenvalue weighted by Gasteiger charge is 2.76. The van der Waals surface area contributed by atoms with Crippen LogP contribution in [-0.2, 0) is 11.2 Å². The number of allylic oxidation sites excluding steroid dienone is 3.